The third-order valence-electron chi connectivity index (χ3n) is 3.75. The molecule has 1 aliphatic heterocycles. The van der Waals surface area contributed by atoms with Crippen LogP contribution in [0.3, 0.4) is 0 Å². The minimum atomic E-state index is 0.0485. The predicted octanol–water partition coefficient (Wildman–Crippen LogP) is 2.86. The zero-order chi connectivity index (χ0) is 13.8. The summed E-state index contributed by atoms with van der Waals surface area (Å²) in [6.45, 7) is 3.70. The first-order valence-corrected chi connectivity index (χ1v) is 7.21. The molecule has 1 saturated heterocycles. The largest absolute Gasteiger partial charge is 0.340 e. The van der Waals surface area contributed by atoms with Gasteiger partial charge in [0.15, 0.2) is 0 Å². The summed E-state index contributed by atoms with van der Waals surface area (Å²) < 4.78 is 0. The second-order valence-corrected chi connectivity index (χ2v) is 5.65. The van der Waals surface area contributed by atoms with E-state index in [9.17, 15) is 4.79 Å². The van der Waals surface area contributed by atoms with Crippen LogP contribution in [0.5, 0.6) is 0 Å². The maximum absolute atomic E-state index is 12.4. The van der Waals surface area contributed by atoms with Gasteiger partial charge < -0.3 is 10.2 Å². The van der Waals surface area contributed by atoms with Gasteiger partial charge in [0, 0.05) is 30.2 Å². The standard InChI is InChI=1S/C15H21ClN2O/c1-11-13(7-5-8-14(11)16)15(19)18(2)10-12-6-3-4-9-17-12/h5,7-8,12,17H,3-4,6,9-10H2,1-2H3. The Morgan fingerprint density at radius 3 is 2.95 bits per heavy atom. The lowest BCUT2D eigenvalue weighted by Gasteiger charge is -2.28. The molecule has 1 N–H and O–H groups in total. The number of carbonyl (C=O) groups excluding carboxylic acids is 1. The van der Waals surface area contributed by atoms with E-state index in [2.05, 4.69) is 5.32 Å². The minimum absolute atomic E-state index is 0.0485. The first-order chi connectivity index (χ1) is 9.09. The van der Waals surface area contributed by atoms with E-state index in [4.69, 9.17) is 11.6 Å². The van der Waals surface area contributed by atoms with Crippen molar-refractivity contribution in [3.63, 3.8) is 0 Å². The number of amides is 1. The summed E-state index contributed by atoms with van der Waals surface area (Å²) in [6, 6.07) is 5.90. The molecule has 19 heavy (non-hydrogen) atoms. The number of nitrogens with one attached hydrogen (secondary N) is 1. The molecule has 0 radical (unpaired) electrons. The molecule has 1 aromatic rings. The maximum atomic E-state index is 12.4. The highest BCUT2D eigenvalue weighted by Crippen LogP contribution is 2.20. The van der Waals surface area contributed by atoms with Gasteiger partial charge >= 0.3 is 0 Å². The lowest BCUT2D eigenvalue weighted by molar-refractivity contribution is 0.0774. The third-order valence-corrected chi connectivity index (χ3v) is 4.16. The number of likely N-dealkylation sites (N-methyl/N-ethyl adjacent to an activating group) is 1. The molecule has 0 aliphatic carbocycles. The van der Waals surface area contributed by atoms with E-state index in [1.54, 1.807) is 4.90 Å². The van der Waals surface area contributed by atoms with E-state index >= 15 is 0 Å². The van der Waals surface area contributed by atoms with Crippen molar-refractivity contribution in [2.24, 2.45) is 0 Å². The Hall–Kier alpha value is -1.06. The maximum Gasteiger partial charge on any atom is 0.253 e. The molecule has 4 heteroatoms. The number of carbonyl (C=O) groups is 1. The number of hydrogen-bond donors (Lipinski definition) is 1. The molecule has 1 aliphatic rings. The van der Waals surface area contributed by atoms with Gasteiger partial charge in [-0.2, -0.15) is 0 Å². The number of nitrogens with zero attached hydrogens (tertiary/aromatic N) is 1. The summed E-state index contributed by atoms with van der Waals surface area (Å²) in [5, 5.41) is 4.11. The summed E-state index contributed by atoms with van der Waals surface area (Å²) in [5.41, 5.74) is 1.56. The molecule has 1 aromatic carbocycles. The Morgan fingerprint density at radius 2 is 2.26 bits per heavy atom. The van der Waals surface area contributed by atoms with Crippen molar-refractivity contribution < 1.29 is 4.79 Å². The average Bonchev–Trinajstić information content (AvgIpc) is 2.42. The molecular weight excluding hydrogens is 260 g/mol. The molecular formula is C15H21ClN2O. The Labute approximate surface area is 119 Å². The molecule has 1 atom stereocenters. The van der Waals surface area contributed by atoms with Crippen molar-refractivity contribution in [3.05, 3.63) is 34.3 Å². The van der Waals surface area contributed by atoms with Crippen molar-refractivity contribution in [1.29, 1.82) is 0 Å². The van der Waals surface area contributed by atoms with Crippen LogP contribution in [0.1, 0.15) is 35.2 Å². The number of rotatable bonds is 3. The lowest BCUT2D eigenvalue weighted by Crippen LogP contribution is -2.44. The second-order valence-electron chi connectivity index (χ2n) is 5.24. The van der Waals surface area contributed by atoms with Crippen molar-refractivity contribution in [1.82, 2.24) is 10.2 Å². The Kier molecular flexibility index (Phi) is 4.83. The van der Waals surface area contributed by atoms with Crippen LogP contribution in [0.25, 0.3) is 0 Å². The van der Waals surface area contributed by atoms with Gasteiger partial charge in [-0.25, -0.2) is 0 Å². The van der Waals surface area contributed by atoms with E-state index in [0.29, 0.717) is 16.6 Å². The Balaban J connectivity index is 2.03. The first kappa shape index (κ1) is 14.4. The second kappa shape index (κ2) is 6.40. The fourth-order valence-corrected chi connectivity index (χ4v) is 2.71. The molecule has 3 nitrogen and oxygen atoms in total. The molecule has 0 saturated carbocycles. The van der Waals surface area contributed by atoms with E-state index < -0.39 is 0 Å². The van der Waals surface area contributed by atoms with Gasteiger partial charge in [-0.05, 0) is 44.0 Å². The summed E-state index contributed by atoms with van der Waals surface area (Å²) in [5.74, 6) is 0.0485. The summed E-state index contributed by atoms with van der Waals surface area (Å²) >= 11 is 6.07. The monoisotopic (exact) mass is 280 g/mol. The van der Waals surface area contributed by atoms with Crippen molar-refractivity contribution >= 4 is 17.5 Å². The van der Waals surface area contributed by atoms with Crippen LogP contribution >= 0.6 is 11.6 Å². The summed E-state index contributed by atoms with van der Waals surface area (Å²) in [7, 11) is 1.86. The van der Waals surface area contributed by atoms with E-state index in [1.807, 2.05) is 32.2 Å². The normalized spacial score (nSPS) is 19.2. The molecule has 1 heterocycles. The van der Waals surface area contributed by atoms with E-state index in [-0.39, 0.29) is 5.91 Å². The van der Waals surface area contributed by atoms with Crippen LogP contribution in [-0.4, -0.2) is 37.0 Å². The predicted molar refractivity (Wildman–Crippen MR) is 78.8 cm³/mol. The molecule has 1 unspecified atom stereocenters. The van der Waals surface area contributed by atoms with Crippen LogP contribution in [0.15, 0.2) is 18.2 Å². The van der Waals surface area contributed by atoms with E-state index in [0.717, 1.165) is 25.1 Å². The first-order valence-electron chi connectivity index (χ1n) is 6.83. The van der Waals surface area contributed by atoms with Crippen molar-refractivity contribution in [2.75, 3.05) is 20.1 Å². The molecule has 0 spiro atoms. The van der Waals surface area contributed by atoms with Gasteiger partial charge in [-0.3, -0.25) is 4.79 Å². The third kappa shape index (κ3) is 3.48. The van der Waals surface area contributed by atoms with Crippen molar-refractivity contribution in [2.45, 2.75) is 32.2 Å². The topological polar surface area (TPSA) is 32.3 Å². The number of halogens is 1. The van der Waals surface area contributed by atoms with Gasteiger partial charge in [-0.15, -0.1) is 0 Å². The van der Waals surface area contributed by atoms with Gasteiger partial charge in [0.05, 0.1) is 0 Å². The number of hydrogen-bond acceptors (Lipinski definition) is 2. The molecule has 2 rings (SSSR count). The van der Waals surface area contributed by atoms with Crippen LogP contribution in [0.2, 0.25) is 5.02 Å². The lowest BCUT2D eigenvalue weighted by atomic mass is 10.0. The molecule has 104 valence electrons. The average molecular weight is 281 g/mol. The quantitative estimate of drug-likeness (QED) is 0.923. The van der Waals surface area contributed by atoms with Gasteiger partial charge in [-0.1, -0.05) is 24.1 Å². The summed E-state index contributed by atoms with van der Waals surface area (Å²) in [6.07, 6.45) is 3.63. The highest BCUT2D eigenvalue weighted by molar-refractivity contribution is 6.31. The SMILES string of the molecule is Cc1c(Cl)cccc1C(=O)N(C)CC1CCCCN1. The highest BCUT2D eigenvalue weighted by Gasteiger charge is 2.20. The van der Waals surface area contributed by atoms with Gasteiger partial charge in [0.2, 0.25) is 0 Å². The fourth-order valence-electron chi connectivity index (χ4n) is 2.54. The summed E-state index contributed by atoms with van der Waals surface area (Å²) in [4.78, 5) is 14.2. The molecule has 0 bridgehead atoms. The Morgan fingerprint density at radius 1 is 1.47 bits per heavy atom. The van der Waals surface area contributed by atoms with Crippen LogP contribution in [0, 0.1) is 6.92 Å². The smallest absolute Gasteiger partial charge is 0.253 e. The zero-order valence-electron chi connectivity index (χ0n) is 11.6. The number of benzene rings is 1. The van der Waals surface area contributed by atoms with Crippen LogP contribution in [-0.2, 0) is 0 Å². The van der Waals surface area contributed by atoms with Gasteiger partial charge in [0.1, 0.15) is 0 Å². The van der Waals surface area contributed by atoms with E-state index in [1.165, 1.54) is 12.8 Å². The minimum Gasteiger partial charge on any atom is -0.340 e. The van der Waals surface area contributed by atoms with Gasteiger partial charge in [0.25, 0.3) is 5.91 Å². The molecule has 1 amide bonds. The van der Waals surface area contributed by atoms with Crippen LogP contribution < -0.4 is 5.32 Å². The van der Waals surface area contributed by atoms with Crippen LogP contribution in [0.4, 0.5) is 0 Å². The highest BCUT2D eigenvalue weighted by atomic mass is 35.5. The van der Waals surface area contributed by atoms with Crippen molar-refractivity contribution in [3.8, 4) is 0 Å². The molecule has 1 fully saturated rings. The molecule has 0 aromatic heterocycles. The Bertz CT molecular complexity index is 455. The fraction of sp³-hybridized carbons (Fsp3) is 0.533. The zero-order valence-corrected chi connectivity index (χ0v) is 12.3. The number of piperidine rings is 1.